The summed E-state index contributed by atoms with van der Waals surface area (Å²) in [5.41, 5.74) is 6.36. The van der Waals surface area contributed by atoms with Gasteiger partial charge in [-0.2, -0.15) is 0 Å². The van der Waals surface area contributed by atoms with Crippen molar-refractivity contribution in [2.75, 3.05) is 10.6 Å². The number of para-hydroxylation sites is 2. The molecule has 0 radical (unpaired) electrons. The zero-order valence-electron chi connectivity index (χ0n) is 15.0. The van der Waals surface area contributed by atoms with E-state index < -0.39 is 0 Å². The molecule has 2 aliphatic rings. The first-order valence-corrected chi connectivity index (χ1v) is 8.88. The first-order valence-electron chi connectivity index (χ1n) is 8.88. The molecule has 25 heavy (non-hydrogen) atoms. The van der Waals surface area contributed by atoms with Crippen LogP contribution in [0.15, 0.2) is 59.8 Å². The molecule has 0 amide bonds. The van der Waals surface area contributed by atoms with Crippen molar-refractivity contribution in [3.05, 3.63) is 70.9 Å². The van der Waals surface area contributed by atoms with Crippen LogP contribution in [0.1, 0.15) is 43.9 Å². The predicted octanol–water partition coefficient (Wildman–Crippen LogP) is 5.22. The number of fused-ring (bicyclic) bond motifs is 1. The number of anilines is 2. The Morgan fingerprint density at radius 2 is 1.64 bits per heavy atom. The van der Waals surface area contributed by atoms with Crippen LogP contribution in [0, 0.1) is 12.3 Å². The minimum atomic E-state index is -0.115. The monoisotopic (exact) mass is 332 g/mol. The van der Waals surface area contributed by atoms with Crippen molar-refractivity contribution in [2.24, 2.45) is 5.41 Å². The third kappa shape index (κ3) is 2.95. The number of carbonyl (C=O) groups is 1. The Morgan fingerprint density at radius 1 is 0.960 bits per heavy atom. The number of ketones is 1. The maximum absolute atomic E-state index is 13.1. The fourth-order valence-corrected chi connectivity index (χ4v) is 3.90. The zero-order valence-corrected chi connectivity index (χ0v) is 15.0. The summed E-state index contributed by atoms with van der Waals surface area (Å²) in [4.78, 5) is 13.1. The highest BCUT2D eigenvalue weighted by Crippen LogP contribution is 2.45. The van der Waals surface area contributed by atoms with Gasteiger partial charge < -0.3 is 10.6 Å². The number of rotatable bonds is 1. The average Bonchev–Trinajstić information content (AvgIpc) is 2.70. The Kier molecular flexibility index (Phi) is 3.68. The smallest absolute Gasteiger partial charge is 0.163 e. The highest BCUT2D eigenvalue weighted by Gasteiger charge is 2.38. The second-order valence-electron chi connectivity index (χ2n) is 7.99. The number of hydrogen-bond donors (Lipinski definition) is 2. The first-order chi connectivity index (χ1) is 11.9. The summed E-state index contributed by atoms with van der Waals surface area (Å²) in [6.07, 6.45) is 1.47. The molecule has 1 heterocycles. The lowest BCUT2D eigenvalue weighted by Crippen LogP contribution is -2.31. The van der Waals surface area contributed by atoms with E-state index in [4.69, 9.17) is 0 Å². The van der Waals surface area contributed by atoms with E-state index in [1.54, 1.807) is 0 Å². The number of hydrogen-bond acceptors (Lipinski definition) is 3. The van der Waals surface area contributed by atoms with Gasteiger partial charge in [-0.05, 0) is 36.5 Å². The highest BCUT2D eigenvalue weighted by molar-refractivity contribution is 6.01. The van der Waals surface area contributed by atoms with Crippen molar-refractivity contribution in [1.82, 2.24) is 0 Å². The van der Waals surface area contributed by atoms with Gasteiger partial charge in [-0.15, -0.1) is 0 Å². The second-order valence-corrected chi connectivity index (χ2v) is 7.99. The van der Waals surface area contributed by atoms with E-state index in [2.05, 4.69) is 67.8 Å². The van der Waals surface area contributed by atoms with E-state index in [-0.39, 0.29) is 17.2 Å². The van der Waals surface area contributed by atoms with E-state index in [1.165, 1.54) is 5.56 Å². The van der Waals surface area contributed by atoms with E-state index in [9.17, 15) is 4.79 Å². The third-order valence-corrected chi connectivity index (χ3v) is 5.13. The summed E-state index contributed by atoms with van der Waals surface area (Å²) in [6.45, 7) is 6.42. The average molecular weight is 332 g/mol. The summed E-state index contributed by atoms with van der Waals surface area (Å²) in [6, 6.07) is 16.5. The maximum Gasteiger partial charge on any atom is 0.163 e. The van der Waals surface area contributed by atoms with Gasteiger partial charge in [0.25, 0.3) is 0 Å². The van der Waals surface area contributed by atoms with Gasteiger partial charge in [-0.1, -0.05) is 55.8 Å². The van der Waals surface area contributed by atoms with Crippen LogP contribution in [0.5, 0.6) is 0 Å². The van der Waals surface area contributed by atoms with Crippen LogP contribution in [0.2, 0.25) is 0 Å². The van der Waals surface area contributed by atoms with Crippen LogP contribution in [0.4, 0.5) is 11.4 Å². The largest absolute Gasteiger partial charge is 0.372 e. The molecule has 1 atom stereocenters. The van der Waals surface area contributed by atoms with Crippen LogP contribution < -0.4 is 10.6 Å². The van der Waals surface area contributed by atoms with E-state index >= 15 is 0 Å². The second kappa shape index (κ2) is 5.76. The van der Waals surface area contributed by atoms with Crippen molar-refractivity contribution < 1.29 is 4.79 Å². The van der Waals surface area contributed by atoms with E-state index in [0.717, 1.165) is 34.6 Å². The van der Waals surface area contributed by atoms with Gasteiger partial charge in [-0.25, -0.2) is 0 Å². The minimum Gasteiger partial charge on any atom is -0.372 e. The van der Waals surface area contributed by atoms with Crippen molar-refractivity contribution in [3.8, 4) is 0 Å². The number of carbonyl (C=O) groups excluding carboxylic acids is 1. The molecule has 1 aliphatic carbocycles. The molecule has 0 saturated heterocycles. The van der Waals surface area contributed by atoms with Crippen molar-refractivity contribution in [1.29, 1.82) is 0 Å². The summed E-state index contributed by atoms with van der Waals surface area (Å²) in [5, 5.41) is 7.17. The highest BCUT2D eigenvalue weighted by atomic mass is 16.1. The Bertz CT molecular complexity index is 862. The minimum absolute atomic E-state index is 0.0139. The van der Waals surface area contributed by atoms with Gasteiger partial charge in [0.2, 0.25) is 0 Å². The van der Waals surface area contributed by atoms with Crippen LogP contribution in [0.3, 0.4) is 0 Å². The van der Waals surface area contributed by atoms with Gasteiger partial charge >= 0.3 is 0 Å². The molecule has 0 saturated carbocycles. The van der Waals surface area contributed by atoms with Crippen LogP contribution in [-0.2, 0) is 4.79 Å². The molecule has 1 unspecified atom stereocenters. The summed E-state index contributed by atoms with van der Waals surface area (Å²) in [5.74, 6) is 0.240. The number of nitrogens with one attached hydrogen (secondary N) is 2. The standard InChI is InChI=1S/C22H24N2O/c1-14-8-10-15(11-9-14)21-20-18(12-22(2,3)13-19(20)25)23-16-6-4-5-7-17(16)24-21/h4-11,21,23-24H,12-13H2,1-3H3. The molecule has 3 nitrogen and oxygen atoms in total. The van der Waals surface area contributed by atoms with Crippen LogP contribution >= 0.6 is 0 Å². The molecule has 1 aliphatic heterocycles. The van der Waals surface area contributed by atoms with Crippen molar-refractivity contribution in [3.63, 3.8) is 0 Å². The molecule has 3 heteroatoms. The van der Waals surface area contributed by atoms with Gasteiger partial charge in [0, 0.05) is 17.7 Å². The fourth-order valence-electron chi connectivity index (χ4n) is 3.90. The number of aryl methyl sites for hydroxylation is 1. The number of benzene rings is 2. The Morgan fingerprint density at radius 3 is 2.36 bits per heavy atom. The van der Waals surface area contributed by atoms with Crippen molar-refractivity contribution in [2.45, 2.75) is 39.7 Å². The molecule has 0 spiro atoms. The molecular weight excluding hydrogens is 308 g/mol. The molecule has 0 aromatic heterocycles. The van der Waals surface area contributed by atoms with Crippen LogP contribution in [0.25, 0.3) is 0 Å². The molecule has 128 valence electrons. The topological polar surface area (TPSA) is 41.1 Å². The van der Waals surface area contributed by atoms with Crippen LogP contribution in [-0.4, -0.2) is 5.78 Å². The molecule has 0 fully saturated rings. The van der Waals surface area contributed by atoms with Gasteiger partial charge in [0.1, 0.15) is 0 Å². The molecule has 2 aromatic carbocycles. The molecular formula is C22H24N2O. The quantitative estimate of drug-likeness (QED) is 0.752. The lowest BCUT2D eigenvalue weighted by Gasteiger charge is -2.34. The summed E-state index contributed by atoms with van der Waals surface area (Å²) in [7, 11) is 0. The lowest BCUT2D eigenvalue weighted by atomic mass is 9.73. The maximum atomic E-state index is 13.1. The number of Topliss-reactive ketones (excluding diaryl/α,β-unsaturated/α-hetero) is 1. The first kappa shape index (κ1) is 15.9. The lowest BCUT2D eigenvalue weighted by molar-refractivity contribution is -0.118. The Balaban J connectivity index is 1.88. The normalized spacial score (nSPS) is 21.6. The van der Waals surface area contributed by atoms with E-state index in [1.807, 2.05) is 12.1 Å². The Hall–Kier alpha value is -2.55. The molecule has 4 rings (SSSR count). The predicted molar refractivity (Wildman–Crippen MR) is 103 cm³/mol. The summed E-state index contributed by atoms with van der Waals surface area (Å²) >= 11 is 0. The van der Waals surface area contributed by atoms with E-state index in [0.29, 0.717) is 6.42 Å². The fraction of sp³-hybridized carbons (Fsp3) is 0.318. The third-order valence-electron chi connectivity index (χ3n) is 5.13. The molecule has 0 bridgehead atoms. The number of allylic oxidation sites excluding steroid dienone is 1. The SMILES string of the molecule is Cc1ccc(C2Nc3ccccc3NC3=C2C(=O)CC(C)(C)C3)cc1. The van der Waals surface area contributed by atoms with Gasteiger partial charge in [0.15, 0.2) is 5.78 Å². The van der Waals surface area contributed by atoms with Gasteiger partial charge in [-0.3, -0.25) is 4.79 Å². The Labute approximate surface area is 149 Å². The zero-order chi connectivity index (χ0) is 17.6. The van der Waals surface area contributed by atoms with Crippen molar-refractivity contribution >= 4 is 17.2 Å². The molecule has 2 N–H and O–H groups in total. The summed E-state index contributed by atoms with van der Waals surface area (Å²) < 4.78 is 0. The van der Waals surface area contributed by atoms with Gasteiger partial charge in [0.05, 0.1) is 17.4 Å². The molecule has 2 aromatic rings.